The average molecular weight is 386 g/mol. The molecule has 3 aromatic rings. The summed E-state index contributed by atoms with van der Waals surface area (Å²) in [6.45, 7) is 5.56. The van der Waals surface area contributed by atoms with Crippen LogP contribution < -0.4 is 0 Å². The summed E-state index contributed by atoms with van der Waals surface area (Å²) in [5.41, 5.74) is 2.35. The van der Waals surface area contributed by atoms with Gasteiger partial charge in [-0.05, 0) is 16.7 Å². The SMILES string of the molecule is C=CC(CCOC(c1ccccc1)(c1ccccc1)c1ccccc1)OC(C)=O. The van der Waals surface area contributed by atoms with Crippen molar-refractivity contribution in [3.05, 3.63) is 120 Å². The number of benzene rings is 3. The van der Waals surface area contributed by atoms with E-state index < -0.39 is 5.60 Å². The summed E-state index contributed by atoms with van der Waals surface area (Å²) in [6, 6.07) is 30.6. The van der Waals surface area contributed by atoms with Crippen LogP contribution in [0.4, 0.5) is 0 Å². The van der Waals surface area contributed by atoms with Crippen molar-refractivity contribution in [2.75, 3.05) is 6.61 Å². The van der Waals surface area contributed by atoms with Gasteiger partial charge in [0.1, 0.15) is 11.7 Å². The summed E-state index contributed by atoms with van der Waals surface area (Å²) in [7, 11) is 0. The molecule has 0 heterocycles. The molecule has 0 bridgehead atoms. The van der Waals surface area contributed by atoms with Crippen molar-refractivity contribution in [3.63, 3.8) is 0 Å². The molecule has 0 fully saturated rings. The minimum Gasteiger partial charge on any atom is -0.458 e. The minimum absolute atomic E-state index is 0.324. The second-order valence-electron chi connectivity index (χ2n) is 6.80. The topological polar surface area (TPSA) is 35.5 Å². The van der Waals surface area contributed by atoms with Gasteiger partial charge in [0.2, 0.25) is 0 Å². The van der Waals surface area contributed by atoms with Gasteiger partial charge in [0, 0.05) is 13.3 Å². The largest absolute Gasteiger partial charge is 0.458 e. The van der Waals surface area contributed by atoms with Crippen LogP contribution in [0.15, 0.2) is 104 Å². The Morgan fingerprint density at radius 3 is 1.62 bits per heavy atom. The van der Waals surface area contributed by atoms with Crippen molar-refractivity contribution in [2.24, 2.45) is 0 Å². The predicted molar refractivity (Wildman–Crippen MR) is 116 cm³/mol. The lowest BCUT2D eigenvalue weighted by atomic mass is 9.80. The number of carbonyl (C=O) groups excluding carboxylic acids is 1. The molecule has 0 aliphatic rings. The Kier molecular flexibility index (Phi) is 6.99. The van der Waals surface area contributed by atoms with Crippen LogP contribution in [0, 0.1) is 0 Å². The fourth-order valence-corrected chi connectivity index (χ4v) is 3.53. The molecule has 1 unspecified atom stereocenters. The molecule has 3 aromatic carbocycles. The maximum atomic E-state index is 11.3. The zero-order valence-electron chi connectivity index (χ0n) is 16.7. The van der Waals surface area contributed by atoms with Gasteiger partial charge in [-0.25, -0.2) is 0 Å². The highest BCUT2D eigenvalue weighted by Gasteiger charge is 2.37. The van der Waals surface area contributed by atoms with Crippen LogP contribution >= 0.6 is 0 Å². The summed E-state index contributed by atoms with van der Waals surface area (Å²) >= 11 is 0. The first kappa shape index (κ1) is 20.6. The van der Waals surface area contributed by atoms with Crippen molar-refractivity contribution in [1.82, 2.24) is 0 Å². The second kappa shape index (κ2) is 9.85. The summed E-state index contributed by atoms with van der Waals surface area (Å²) < 4.78 is 12.0. The zero-order valence-corrected chi connectivity index (χ0v) is 16.7. The molecular weight excluding hydrogens is 360 g/mol. The van der Waals surface area contributed by atoms with Gasteiger partial charge in [0.15, 0.2) is 0 Å². The van der Waals surface area contributed by atoms with E-state index in [4.69, 9.17) is 9.47 Å². The first-order chi connectivity index (χ1) is 14.2. The number of esters is 1. The Morgan fingerprint density at radius 2 is 1.28 bits per heavy atom. The third kappa shape index (κ3) is 4.82. The number of rotatable bonds is 9. The molecule has 0 spiro atoms. The molecule has 3 rings (SSSR count). The first-order valence-electron chi connectivity index (χ1n) is 9.77. The molecule has 0 aliphatic carbocycles. The molecule has 29 heavy (non-hydrogen) atoms. The molecule has 3 nitrogen and oxygen atoms in total. The van der Waals surface area contributed by atoms with E-state index in [1.807, 2.05) is 54.6 Å². The molecule has 0 N–H and O–H groups in total. The lowest BCUT2D eigenvalue weighted by Crippen LogP contribution is -2.34. The van der Waals surface area contributed by atoms with Gasteiger partial charge in [0.05, 0.1) is 6.61 Å². The van der Waals surface area contributed by atoms with E-state index in [1.54, 1.807) is 6.08 Å². The Morgan fingerprint density at radius 1 is 0.862 bits per heavy atom. The van der Waals surface area contributed by atoms with Crippen molar-refractivity contribution < 1.29 is 14.3 Å². The Labute approximate surface area is 172 Å². The maximum Gasteiger partial charge on any atom is 0.303 e. The standard InChI is InChI=1S/C26H26O3/c1-3-25(29-21(2)27)19-20-28-26(22-13-7-4-8-14-22,23-15-9-5-10-16-23)24-17-11-6-12-18-24/h3-18,25H,1,19-20H2,2H3. The highest BCUT2D eigenvalue weighted by atomic mass is 16.5. The van der Waals surface area contributed by atoms with Crippen LogP contribution in [0.3, 0.4) is 0 Å². The van der Waals surface area contributed by atoms with Crippen LogP contribution in [-0.4, -0.2) is 18.7 Å². The molecular formula is C26H26O3. The maximum absolute atomic E-state index is 11.3. The molecule has 3 heteroatoms. The fourth-order valence-electron chi connectivity index (χ4n) is 3.53. The number of ether oxygens (including phenoxy) is 2. The lowest BCUT2D eigenvalue weighted by molar-refractivity contribution is -0.145. The Bertz CT molecular complexity index is 808. The highest BCUT2D eigenvalue weighted by Crippen LogP contribution is 2.40. The van der Waals surface area contributed by atoms with E-state index in [0.717, 1.165) is 16.7 Å². The second-order valence-corrected chi connectivity index (χ2v) is 6.80. The average Bonchev–Trinajstić information content (AvgIpc) is 2.77. The van der Waals surface area contributed by atoms with E-state index in [2.05, 4.69) is 43.0 Å². The molecule has 1 atom stereocenters. The van der Waals surface area contributed by atoms with Crippen molar-refractivity contribution >= 4 is 5.97 Å². The quantitative estimate of drug-likeness (QED) is 0.277. The first-order valence-corrected chi connectivity index (χ1v) is 9.77. The molecule has 0 radical (unpaired) electrons. The number of hydrogen-bond acceptors (Lipinski definition) is 3. The van der Waals surface area contributed by atoms with Crippen LogP contribution in [0.2, 0.25) is 0 Å². The highest BCUT2D eigenvalue weighted by molar-refractivity contribution is 5.66. The van der Waals surface area contributed by atoms with Crippen LogP contribution in [0.1, 0.15) is 30.0 Å². The monoisotopic (exact) mass is 386 g/mol. The molecule has 0 aliphatic heterocycles. The van der Waals surface area contributed by atoms with E-state index in [-0.39, 0.29) is 12.1 Å². The normalized spacial score (nSPS) is 12.2. The smallest absolute Gasteiger partial charge is 0.303 e. The van der Waals surface area contributed by atoms with Crippen LogP contribution in [-0.2, 0) is 19.9 Å². The van der Waals surface area contributed by atoms with Gasteiger partial charge < -0.3 is 9.47 Å². The van der Waals surface area contributed by atoms with Gasteiger partial charge in [-0.3, -0.25) is 4.79 Å². The Hall–Kier alpha value is -3.17. The lowest BCUT2D eigenvalue weighted by Gasteiger charge is -2.36. The van der Waals surface area contributed by atoms with E-state index in [1.165, 1.54) is 6.92 Å². The van der Waals surface area contributed by atoms with Crippen molar-refractivity contribution in [1.29, 1.82) is 0 Å². The van der Waals surface area contributed by atoms with Gasteiger partial charge in [-0.15, -0.1) is 0 Å². The van der Waals surface area contributed by atoms with E-state index in [9.17, 15) is 4.79 Å². The van der Waals surface area contributed by atoms with E-state index >= 15 is 0 Å². The van der Waals surface area contributed by atoms with Crippen molar-refractivity contribution in [3.8, 4) is 0 Å². The summed E-state index contributed by atoms with van der Waals surface area (Å²) in [4.78, 5) is 11.3. The summed E-state index contributed by atoms with van der Waals surface area (Å²) in [5.74, 6) is -0.324. The van der Waals surface area contributed by atoms with Crippen LogP contribution in [0.5, 0.6) is 0 Å². The molecule has 0 saturated heterocycles. The fraction of sp³-hybridized carbons (Fsp3) is 0.192. The van der Waals surface area contributed by atoms with Gasteiger partial charge in [-0.2, -0.15) is 0 Å². The van der Waals surface area contributed by atoms with Crippen molar-refractivity contribution in [2.45, 2.75) is 25.0 Å². The summed E-state index contributed by atoms with van der Waals surface area (Å²) in [5, 5.41) is 0. The third-order valence-electron chi connectivity index (χ3n) is 4.84. The summed E-state index contributed by atoms with van der Waals surface area (Å²) in [6.07, 6.45) is 1.78. The van der Waals surface area contributed by atoms with Gasteiger partial charge in [0.25, 0.3) is 0 Å². The minimum atomic E-state index is -0.772. The van der Waals surface area contributed by atoms with E-state index in [0.29, 0.717) is 13.0 Å². The predicted octanol–water partition coefficient (Wildman–Crippen LogP) is 5.50. The third-order valence-corrected chi connectivity index (χ3v) is 4.84. The van der Waals surface area contributed by atoms with Gasteiger partial charge in [-0.1, -0.05) is 104 Å². The Balaban J connectivity index is 2.03. The molecule has 148 valence electrons. The molecule has 0 amide bonds. The number of carbonyl (C=O) groups is 1. The van der Waals surface area contributed by atoms with Crippen LogP contribution in [0.25, 0.3) is 0 Å². The van der Waals surface area contributed by atoms with Gasteiger partial charge >= 0.3 is 5.97 Å². The molecule has 0 aromatic heterocycles. The number of hydrogen-bond donors (Lipinski definition) is 0. The molecule has 0 saturated carbocycles. The zero-order chi connectivity index (χ0) is 20.5.